The Labute approximate surface area is 122 Å². The zero-order valence-corrected chi connectivity index (χ0v) is 11.3. The van der Waals surface area contributed by atoms with Crippen LogP contribution in [0.5, 0.6) is 0 Å². The molecule has 1 N–H and O–H groups in total. The summed E-state index contributed by atoms with van der Waals surface area (Å²) in [7, 11) is 0. The first-order valence-electron chi connectivity index (χ1n) is 6.05. The van der Waals surface area contributed by atoms with E-state index in [0.29, 0.717) is 17.3 Å². The molecule has 5 heteroatoms. The van der Waals surface area contributed by atoms with Crippen LogP contribution in [0, 0.1) is 17.2 Å². The Kier molecular flexibility index (Phi) is 4.70. The molecule has 0 saturated carbocycles. The summed E-state index contributed by atoms with van der Waals surface area (Å²) < 4.78 is 0. The number of pyridine rings is 1. The molecular formula is C15H12ClN3O. The second-order valence-electron chi connectivity index (χ2n) is 4.22. The second-order valence-corrected chi connectivity index (χ2v) is 4.65. The number of carbonyl (C=O) groups is 1. The molecule has 100 valence electrons. The Hall–Kier alpha value is -2.38. The zero-order chi connectivity index (χ0) is 14.4. The standard InChI is InChI=1S/C15H12ClN3O/c16-13-6-4-11(5-7-13)9-12(10-17)15(20)19-14-3-1-2-8-18-14/h1-8,12H,9H2,(H,18,19,20). The van der Waals surface area contributed by atoms with Crippen molar-refractivity contribution in [3.8, 4) is 6.07 Å². The minimum absolute atomic E-state index is 0.340. The number of amides is 1. The van der Waals surface area contributed by atoms with E-state index in [9.17, 15) is 4.79 Å². The van der Waals surface area contributed by atoms with Crippen molar-refractivity contribution in [1.82, 2.24) is 4.98 Å². The molecule has 2 aromatic rings. The van der Waals surface area contributed by atoms with Crippen molar-refractivity contribution >= 4 is 23.3 Å². The van der Waals surface area contributed by atoms with E-state index < -0.39 is 5.92 Å². The number of hydrogen-bond acceptors (Lipinski definition) is 3. The number of carbonyl (C=O) groups excluding carboxylic acids is 1. The fraction of sp³-hybridized carbons (Fsp3) is 0.133. The average Bonchev–Trinajstić information content (AvgIpc) is 2.47. The maximum atomic E-state index is 12.0. The molecule has 0 aliphatic rings. The second kappa shape index (κ2) is 6.69. The molecule has 1 aromatic heterocycles. The Balaban J connectivity index is 2.03. The van der Waals surface area contributed by atoms with Gasteiger partial charge in [-0.1, -0.05) is 29.8 Å². The highest BCUT2D eigenvalue weighted by Gasteiger charge is 2.18. The number of hydrogen-bond donors (Lipinski definition) is 1. The van der Waals surface area contributed by atoms with Gasteiger partial charge in [-0.3, -0.25) is 4.79 Å². The van der Waals surface area contributed by atoms with Crippen molar-refractivity contribution in [2.75, 3.05) is 5.32 Å². The quantitative estimate of drug-likeness (QED) is 0.939. The van der Waals surface area contributed by atoms with Crippen molar-refractivity contribution < 1.29 is 4.79 Å². The smallest absolute Gasteiger partial charge is 0.243 e. The van der Waals surface area contributed by atoms with Crippen molar-refractivity contribution in [2.45, 2.75) is 6.42 Å². The van der Waals surface area contributed by atoms with Crippen LogP contribution < -0.4 is 5.32 Å². The number of nitrogens with one attached hydrogen (secondary N) is 1. The molecule has 1 amide bonds. The normalized spacial score (nSPS) is 11.4. The van der Waals surface area contributed by atoms with E-state index in [0.717, 1.165) is 5.56 Å². The fourth-order valence-corrected chi connectivity index (χ4v) is 1.83. The number of rotatable bonds is 4. The highest BCUT2D eigenvalue weighted by molar-refractivity contribution is 6.30. The van der Waals surface area contributed by atoms with E-state index in [-0.39, 0.29) is 5.91 Å². The van der Waals surface area contributed by atoms with Gasteiger partial charge in [0.25, 0.3) is 0 Å². The summed E-state index contributed by atoms with van der Waals surface area (Å²) in [6.07, 6.45) is 1.92. The summed E-state index contributed by atoms with van der Waals surface area (Å²) in [4.78, 5) is 16.0. The van der Waals surface area contributed by atoms with Gasteiger partial charge in [-0.05, 0) is 36.2 Å². The van der Waals surface area contributed by atoms with Gasteiger partial charge in [0.1, 0.15) is 11.7 Å². The van der Waals surface area contributed by atoms with Crippen molar-refractivity contribution in [3.05, 3.63) is 59.2 Å². The molecule has 0 radical (unpaired) electrons. The first kappa shape index (κ1) is 14.0. The van der Waals surface area contributed by atoms with Gasteiger partial charge < -0.3 is 5.32 Å². The van der Waals surface area contributed by atoms with Crippen LogP contribution in [0.4, 0.5) is 5.82 Å². The average molecular weight is 286 g/mol. The van der Waals surface area contributed by atoms with Crippen LogP contribution in [-0.2, 0) is 11.2 Å². The van der Waals surface area contributed by atoms with E-state index in [2.05, 4.69) is 10.3 Å². The summed E-state index contributed by atoms with van der Waals surface area (Å²) >= 11 is 5.80. The van der Waals surface area contributed by atoms with Gasteiger partial charge in [0.15, 0.2) is 0 Å². The number of anilines is 1. The largest absolute Gasteiger partial charge is 0.310 e. The Morgan fingerprint density at radius 3 is 2.65 bits per heavy atom. The molecule has 4 nitrogen and oxygen atoms in total. The molecule has 1 heterocycles. The third-order valence-corrected chi connectivity index (χ3v) is 2.99. The molecule has 20 heavy (non-hydrogen) atoms. The van der Waals surface area contributed by atoms with Gasteiger partial charge in [-0.25, -0.2) is 4.98 Å². The summed E-state index contributed by atoms with van der Waals surface area (Å²) in [5.41, 5.74) is 0.886. The lowest BCUT2D eigenvalue weighted by atomic mass is 10.00. The fourth-order valence-electron chi connectivity index (χ4n) is 1.70. The first-order valence-corrected chi connectivity index (χ1v) is 6.43. The molecule has 1 atom stereocenters. The maximum absolute atomic E-state index is 12.0. The van der Waals surface area contributed by atoms with Crippen molar-refractivity contribution in [3.63, 3.8) is 0 Å². The van der Waals surface area contributed by atoms with Gasteiger partial charge in [0, 0.05) is 11.2 Å². The van der Waals surface area contributed by atoms with Crippen molar-refractivity contribution in [1.29, 1.82) is 5.26 Å². The summed E-state index contributed by atoms with van der Waals surface area (Å²) in [5.74, 6) is -0.687. The predicted molar refractivity (Wildman–Crippen MR) is 77.1 cm³/mol. The molecule has 2 rings (SSSR count). The molecular weight excluding hydrogens is 274 g/mol. The molecule has 0 bridgehead atoms. The van der Waals surface area contributed by atoms with Crippen LogP contribution in [-0.4, -0.2) is 10.9 Å². The predicted octanol–water partition coefficient (Wildman–Crippen LogP) is 3.06. The Morgan fingerprint density at radius 1 is 1.30 bits per heavy atom. The number of halogens is 1. The highest BCUT2D eigenvalue weighted by atomic mass is 35.5. The highest BCUT2D eigenvalue weighted by Crippen LogP contribution is 2.14. The molecule has 0 saturated heterocycles. The molecule has 0 spiro atoms. The van der Waals surface area contributed by atoms with Crippen molar-refractivity contribution in [2.24, 2.45) is 5.92 Å². The van der Waals surface area contributed by atoms with Gasteiger partial charge in [-0.2, -0.15) is 5.26 Å². The first-order chi connectivity index (χ1) is 9.69. The third kappa shape index (κ3) is 3.81. The molecule has 1 unspecified atom stereocenters. The lowest BCUT2D eigenvalue weighted by molar-refractivity contribution is -0.118. The number of nitriles is 1. The lowest BCUT2D eigenvalue weighted by Gasteiger charge is -2.09. The summed E-state index contributed by atoms with van der Waals surface area (Å²) in [6, 6.07) is 14.3. The van der Waals surface area contributed by atoms with Crippen LogP contribution in [0.15, 0.2) is 48.7 Å². The monoisotopic (exact) mass is 285 g/mol. The van der Waals surface area contributed by atoms with E-state index in [1.54, 1.807) is 48.7 Å². The van der Waals surface area contributed by atoms with E-state index in [4.69, 9.17) is 16.9 Å². The van der Waals surface area contributed by atoms with Crippen LogP contribution in [0.25, 0.3) is 0 Å². The SMILES string of the molecule is N#CC(Cc1ccc(Cl)cc1)C(=O)Nc1ccccn1. The van der Waals surface area contributed by atoms with Gasteiger partial charge in [-0.15, -0.1) is 0 Å². The minimum Gasteiger partial charge on any atom is -0.310 e. The summed E-state index contributed by atoms with van der Waals surface area (Å²) in [5, 5.41) is 12.4. The zero-order valence-electron chi connectivity index (χ0n) is 10.6. The summed E-state index contributed by atoms with van der Waals surface area (Å²) in [6.45, 7) is 0. The van der Waals surface area contributed by atoms with Crippen LogP contribution in [0.2, 0.25) is 5.02 Å². The van der Waals surface area contributed by atoms with Gasteiger partial charge >= 0.3 is 0 Å². The minimum atomic E-state index is -0.766. The van der Waals surface area contributed by atoms with Gasteiger partial charge in [0.2, 0.25) is 5.91 Å². The van der Waals surface area contributed by atoms with E-state index >= 15 is 0 Å². The molecule has 0 aliphatic carbocycles. The maximum Gasteiger partial charge on any atom is 0.243 e. The van der Waals surface area contributed by atoms with Crippen LogP contribution in [0.1, 0.15) is 5.56 Å². The van der Waals surface area contributed by atoms with Crippen LogP contribution in [0.3, 0.4) is 0 Å². The third-order valence-electron chi connectivity index (χ3n) is 2.74. The number of benzene rings is 1. The molecule has 0 aliphatic heterocycles. The van der Waals surface area contributed by atoms with E-state index in [1.165, 1.54) is 0 Å². The van der Waals surface area contributed by atoms with Gasteiger partial charge in [0.05, 0.1) is 6.07 Å². The molecule has 1 aromatic carbocycles. The van der Waals surface area contributed by atoms with E-state index in [1.807, 2.05) is 6.07 Å². The lowest BCUT2D eigenvalue weighted by Crippen LogP contribution is -2.23. The number of aromatic nitrogens is 1. The molecule has 0 fully saturated rings. The van der Waals surface area contributed by atoms with Crippen LogP contribution >= 0.6 is 11.6 Å². The Morgan fingerprint density at radius 2 is 2.05 bits per heavy atom. The Bertz CT molecular complexity index is 620. The topological polar surface area (TPSA) is 65.8 Å². The number of nitrogens with zero attached hydrogens (tertiary/aromatic N) is 2.